The van der Waals surface area contributed by atoms with E-state index in [1.807, 2.05) is 39.2 Å². The van der Waals surface area contributed by atoms with E-state index in [1.54, 1.807) is 4.57 Å². The molecule has 0 saturated heterocycles. The molecule has 1 heterocycles. The van der Waals surface area contributed by atoms with E-state index in [0.29, 0.717) is 0 Å². The zero-order valence-electron chi connectivity index (χ0n) is 9.95. The van der Waals surface area contributed by atoms with Crippen molar-refractivity contribution < 1.29 is 0 Å². The molecule has 1 N–H and O–H groups in total. The summed E-state index contributed by atoms with van der Waals surface area (Å²) >= 11 is 0. The van der Waals surface area contributed by atoms with Crippen molar-refractivity contribution in [3.8, 4) is 0 Å². The van der Waals surface area contributed by atoms with E-state index in [1.165, 1.54) is 0 Å². The molecule has 0 bridgehead atoms. The molecule has 0 atom stereocenters. The molecule has 0 aliphatic rings. The van der Waals surface area contributed by atoms with Crippen LogP contribution in [0, 0.1) is 6.92 Å². The summed E-state index contributed by atoms with van der Waals surface area (Å²) in [5, 5.41) is 0. The van der Waals surface area contributed by atoms with Gasteiger partial charge in [0.2, 0.25) is 0 Å². The van der Waals surface area contributed by atoms with Gasteiger partial charge < -0.3 is 9.88 Å². The highest BCUT2D eigenvalue weighted by molar-refractivity contribution is 5.75. The van der Waals surface area contributed by atoms with Crippen molar-refractivity contribution in [2.75, 3.05) is 20.6 Å². The third-order valence-electron chi connectivity index (χ3n) is 2.70. The summed E-state index contributed by atoms with van der Waals surface area (Å²) in [6.45, 7) is 3.60. The number of likely N-dealkylation sites (N-methyl/N-ethyl adjacent to an activating group) is 1. The van der Waals surface area contributed by atoms with E-state index in [2.05, 4.69) is 9.88 Å². The average molecular weight is 219 g/mol. The smallest absolute Gasteiger partial charge is 0.308 e. The Labute approximate surface area is 94.5 Å². The summed E-state index contributed by atoms with van der Waals surface area (Å²) in [4.78, 5) is 16.7. The van der Waals surface area contributed by atoms with Gasteiger partial charge in [0.25, 0.3) is 0 Å². The number of fused-ring (bicyclic) bond motifs is 1. The topological polar surface area (TPSA) is 41.0 Å². The van der Waals surface area contributed by atoms with Crippen molar-refractivity contribution in [1.29, 1.82) is 0 Å². The third-order valence-corrected chi connectivity index (χ3v) is 2.70. The van der Waals surface area contributed by atoms with Crippen molar-refractivity contribution in [2.45, 2.75) is 13.5 Å². The summed E-state index contributed by atoms with van der Waals surface area (Å²) in [7, 11) is 4.01. The van der Waals surface area contributed by atoms with Gasteiger partial charge in [0, 0.05) is 13.1 Å². The fraction of sp³-hybridized carbons (Fsp3) is 0.417. The monoisotopic (exact) mass is 219 g/mol. The largest absolute Gasteiger partial charge is 0.326 e. The van der Waals surface area contributed by atoms with Crippen molar-refractivity contribution in [3.05, 3.63) is 34.2 Å². The average Bonchev–Trinajstić information content (AvgIpc) is 2.50. The number of hydrogen-bond acceptors (Lipinski definition) is 2. The molecule has 0 aliphatic heterocycles. The first kappa shape index (κ1) is 11.0. The number of imidazole rings is 1. The molecule has 4 heteroatoms. The second kappa shape index (κ2) is 4.14. The lowest BCUT2D eigenvalue weighted by Gasteiger charge is -2.09. The van der Waals surface area contributed by atoms with E-state index in [-0.39, 0.29) is 5.69 Å². The zero-order chi connectivity index (χ0) is 11.7. The van der Waals surface area contributed by atoms with E-state index < -0.39 is 0 Å². The van der Waals surface area contributed by atoms with Crippen LogP contribution < -0.4 is 5.69 Å². The summed E-state index contributed by atoms with van der Waals surface area (Å²) in [5.74, 6) is 0. The molecule has 86 valence electrons. The van der Waals surface area contributed by atoms with Gasteiger partial charge >= 0.3 is 5.69 Å². The number of aromatic nitrogens is 2. The minimum atomic E-state index is -0.0255. The molecular weight excluding hydrogens is 202 g/mol. The maximum atomic E-state index is 11.8. The van der Waals surface area contributed by atoms with Crippen LogP contribution in [0.1, 0.15) is 5.56 Å². The second-order valence-corrected chi connectivity index (χ2v) is 4.41. The number of aromatic amines is 1. The Kier molecular flexibility index (Phi) is 2.83. The molecule has 1 aromatic carbocycles. The Bertz CT molecular complexity index is 551. The van der Waals surface area contributed by atoms with Crippen LogP contribution in [-0.2, 0) is 6.54 Å². The number of hydrogen-bond donors (Lipinski definition) is 1. The molecule has 0 amide bonds. The molecule has 4 nitrogen and oxygen atoms in total. The Balaban J connectivity index is 2.44. The predicted molar refractivity (Wildman–Crippen MR) is 65.8 cm³/mol. The van der Waals surface area contributed by atoms with Crippen LogP contribution in [0.15, 0.2) is 23.0 Å². The number of benzene rings is 1. The van der Waals surface area contributed by atoms with Gasteiger partial charge in [-0.15, -0.1) is 0 Å². The normalized spacial score (nSPS) is 11.5. The first-order chi connectivity index (χ1) is 7.58. The van der Waals surface area contributed by atoms with Crippen LogP contribution in [0.25, 0.3) is 11.0 Å². The molecule has 0 spiro atoms. The highest BCUT2D eigenvalue weighted by Gasteiger charge is 2.06. The molecule has 0 unspecified atom stereocenters. The Morgan fingerprint density at radius 2 is 2.12 bits per heavy atom. The van der Waals surface area contributed by atoms with Crippen LogP contribution in [-0.4, -0.2) is 35.1 Å². The molecule has 16 heavy (non-hydrogen) atoms. The third kappa shape index (κ3) is 2.02. The fourth-order valence-corrected chi connectivity index (χ4v) is 1.80. The molecule has 0 fully saturated rings. The number of H-pyrrole nitrogens is 1. The summed E-state index contributed by atoms with van der Waals surface area (Å²) < 4.78 is 1.79. The lowest BCUT2D eigenvalue weighted by molar-refractivity contribution is 0.384. The van der Waals surface area contributed by atoms with Gasteiger partial charge in [-0.05, 0) is 38.7 Å². The van der Waals surface area contributed by atoms with Gasteiger partial charge in [-0.1, -0.05) is 6.07 Å². The highest BCUT2D eigenvalue weighted by atomic mass is 16.1. The van der Waals surface area contributed by atoms with E-state index in [0.717, 1.165) is 29.7 Å². The molecule has 0 aliphatic carbocycles. The summed E-state index contributed by atoms with van der Waals surface area (Å²) in [6.07, 6.45) is 0. The van der Waals surface area contributed by atoms with Crippen molar-refractivity contribution in [2.24, 2.45) is 0 Å². The quantitative estimate of drug-likeness (QED) is 0.842. The second-order valence-electron chi connectivity index (χ2n) is 4.41. The standard InChI is InChI=1S/C12H17N3O/c1-9-4-5-11-10(8-9)13-12(16)15(11)7-6-14(2)3/h4-5,8H,6-7H2,1-3H3,(H,13,16). The van der Waals surface area contributed by atoms with Gasteiger partial charge in [0.15, 0.2) is 0 Å². The molecule has 2 rings (SSSR count). The number of rotatable bonds is 3. The van der Waals surface area contributed by atoms with Crippen molar-refractivity contribution >= 4 is 11.0 Å². The van der Waals surface area contributed by atoms with Crippen molar-refractivity contribution in [3.63, 3.8) is 0 Å². The van der Waals surface area contributed by atoms with Gasteiger partial charge in [-0.3, -0.25) is 4.57 Å². The summed E-state index contributed by atoms with van der Waals surface area (Å²) in [6, 6.07) is 6.03. The minimum absolute atomic E-state index is 0.0255. The number of nitrogens with zero attached hydrogens (tertiary/aromatic N) is 2. The Morgan fingerprint density at radius 3 is 2.81 bits per heavy atom. The van der Waals surface area contributed by atoms with Gasteiger partial charge in [0.05, 0.1) is 11.0 Å². The minimum Gasteiger partial charge on any atom is -0.308 e. The van der Waals surface area contributed by atoms with Gasteiger partial charge in [0.1, 0.15) is 0 Å². The molecular formula is C12H17N3O. The zero-order valence-corrected chi connectivity index (χ0v) is 9.95. The van der Waals surface area contributed by atoms with E-state index in [9.17, 15) is 4.79 Å². The molecule has 1 aromatic heterocycles. The van der Waals surface area contributed by atoms with Crippen LogP contribution in [0.2, 0.25) is 0 Å². The summed E-state index contributed by atoms with van der Waals surface area (Å²) in [5.41, 5.74) is 3.04. The fourth-order valence-electron chi connectivity index (χ4n) is 1.80. The maximum Gasteiger partial charge on any atom is 0.326 e. The van der Waals surface area contributed by atoms with Crippen LogP contribution in [0.4, 0.5) is 0 Å². The van der Waals surface area contributed by atoms with E-state index >= 15 is 0 Å². The highest BCUT2D eigenvalue weighted by Crippen LogP contribution is 2.11. The number of aryl methyl sites for hydroxylation is 1. The number of nitrogens with one attached hydrogen (secondary N) is 1. The Morgan fingerprint density at radius 1 is 1.38 bits per heavy atom. The molecule has 0 saturated carbocycles. The van der Waals surface area contributed by atoms with Crippen LogP contribution >= 0.6 is 0 Å². The maximum absolute atomic E-state index is 11.8. The van der Waals surface area contributed by atoms with Gasteiger partial charge in [-0.2, -0.15) is 0 Å². The van der Waals surface area contributed by atoms with E-state index in [4.69, 9.17) is 0 Å². The SMILES string of the molecule is Cc1ccc2c(c1)[nH]c(=O)n2CCN(C)C. The molecule has 0 radical (unpaired) electrons. The molecule has 2 aromatic rings. The van der Waals surface area contributed by atoms with Gasteiger partial charge in [-0.25, -0.2) is 4.79 Å². The van der Waals surface area contributed by atoms with Crippen LogP contribution in [0.5, 0.6) is 0 Å². The lowest BCUT2D eigenvalue weighted by atomic mass is 10.2. The van der Waals surface area contributed by atoms with Crippen LogP contribution in [0.3, 0.4) is 0 Å². The first-order valence-corrected chi connectivity index (χ1v) is 5.42. The Hall–Kier alpha value is -1.55. The predicted octanol–water partition coefficient (Wildman–Crippen LogP) is 1.20. The lowest BCUT2D eigenvalue weighted by Crippen LogP contribution is -2.24. The first-order valence-electron chi connectivity index (χ1n) is 5.42. The van der Waals surface area contributed by atoms with Crippen molar-refractivity contribution in [1.82, 2.24) is 14.5 Å².